The first-order valence-corrected chi connectivity index (χ1v) is 11.0. The molecular weight excluding hydrogens is 376 g/mol. The van der Waals surface area contributed by atoms with Crippen LogP contribution in [0, 0.1) is 0 Å². The molecule has 0 aromatic heterocycles. The topological polar surface area (TPSA) is 75.7 Å². The number of benzene rings is 2. The van der Waals surface area contributed by atoms with E-state index in [0.29, 0.717) is 37.2 Å². The van der Waals surface area contributed by atoms with Crippen LogP contribution in [0.2, 0.25) is 0 Å². The number of hydrogen-bond donors (Lipinski definition) is 1. The lowest BCUT2D eigenvalue weighted by Gasteiger charge is -2.32. The number of carbonyl (C=O) groups is 1. The zero-order chi connectivity index (χ0) is 20.1. The van der Waals surface area contributed by atoms with E-state index in [9.17, 15) is 13.2 Å². The van der Waals surface area contributed by atoms with Gasteiger partial charge < -0.3 is 9.64 Å². The zero-order valence-corrected chi connectivity index (χ0v) is 17.0. The molecule has 150 valence electrons. The van der Waals surface area contributed by atoms with Crippen LogP contribution < -0.4 is 9.46 Å². The molecule has 0 spiro atoms. The van der Waals surface area contributed by atoms with Crippen LogP contribution in [-0.2, 0) is 16.4 Å². The van der Waals surface area contributed by atoms with E-state index in [4.69, 9.17) is 4.74 Å². The molecule has 1 N–H and O–H groups in total. The van der Waals surface area contributed by atoms with Gasteiger partial charge in [0.25, 0.3) is 5.91 Å². The van der Waals surface area contributed by atoms with Crippen LogP contribution >= 0.6 is 0 Å². The largest absolute Gasteiger partial charge is 0.496 e. The van der Waals surface area contributed by atoms with Crippen molar-refractivity contribution in [2.75, 3.05) is 20.2 Å². The molecule has 2 aromatic carbocycles. The zero-order valence-electron chi connectivity index (χ0n) is 16.2. The fourth-order valence-corrected chi connectivity index (χ4v) is 4.69. The number of aryl methyl sites for hydroxylation is 1. The summed E-state index contributed by atoms with van der Waals surface area (Å²) in [5.41, 5.74) is 1.63. The standard InChI is InChI=1S/C21H26N2O4S/c1-3-16-8-10-18(11-9-16)28(25,26)22-17-12-14-23(15-13-17)21(24)19-6-4-5-7-20(19)27-2/h4-11,17,22H,3,12-15H2,1-2H3. The highest BCUT2D eigenvalue weighted by molar-refractivity contribution is 7.89. The van der Waals surface area contributed by atoms with Crippen molar-refractivity contribution >= 4 is 15.9 Å². The van der Waals surface area contributed by atoms with E-state index >= 15 is 0 Å². The number of likely N-dealkylation sites (tertiary alicyclic amines) is 1. The summed E-state index contributed by atoms with van der Waals surface area (Å²) in [5.74, 6) is 0.458. The van der Waals surface area contributed by atoms with Gasteiger partial charge >= 0.3 is 0 Å². The molecule has 6 nitrogen and oxygen atoms in total. The van der Waals surface area contributed by atoms with Crippen LogP contribution in [-0.4, -0.2) is 45.5 Å². The van der Waals surface area contributed by atoms with Crippen molar-refractivity contribution < 1.29 is 17.9 Å². The predicted molar refractivity (Wildman–Crippen MR) is 108 cm³/mol. The number of methoxy groups -OCH3 is 1. The van der Waals surface area contributed by atoms with Gasteiger partial charge in [-0.3, -0.25) is 4.79 Å². The van der Waals surface area contributed by atoms with Gasteiger partial charge in [-0.05, 0) is 49.1 Å². The van der Waals surface area contributed by atoms with Crippen LogP contribution in [0.5, 0.6) is 5.75 Å². The first-order chi connectivity index (χ1) is 13.4. The van der Waals surface area contributed by atoms with Gasteiger partial charge in [-0.25, -0.2) is 13.1 Å². The smallest absolute Gasteiger partial charge is 0.257 e. The number of sulfonamides is 1. The molecule has 0 radical (unpaired) electrons. The molecular formula is C21H26N2O4S. The lowest BCUT2D eigenvalue weighted by Crippen LogP contribution is -2.46. The summed E-state index contributed by atoms with van der Waals surface area (Å²) < 4.78 is 33.3. The molecule has 0 aliphatic carbocycles. The van der Waals surface area contributed by atoms with Gasteiger partial charge in [-0.1, -0.05) is 31.2 Å². The fraction of sp³-hybridized carbons (Fsp3) is 0.381. The maximum atomic E-state index is 12.8. The van der Waals surface area contributed by atoms with Crippen LogP contribution in [0.3, 0.4) is 0 Å². The molecule has 1 fully saturated rings. The third-order valence-electron chi connectivity index (χ3n) is 5.08. The number of piperidine rings is 1. The summed E-state index contributed by atoms with van der Waals surface area (Å²) in [6.45, 7) is 3.03. The second kappa shape index (κ2) is 8.75. The first-order valence-electron chi connectivity index (χ1n) is 9.48. The van der Waals surface area contributed by atoms with E-state index < -0.39 is 10.0 Å². The SMILES string of the molecule is CCc1ccc(S(=O)(=O)NC2CCN(C(=O)c3ccccc3OC)CC2)cc1. The minimum Gasteiger partial charge on any atom is -0.496 e. The minimum atomic E-state index is -3.56. The van der Waals surface area contributed by atoms with Gasteiger partial charge in [0, 0.05) is 19.1 Å². The quantitative estimate of drug-likeness (QED) is 0.806. The second-order valence-electron chi connectivity index (χ2n) is 6.89. The van der Waals surface area contributed by atoms with Gasteiger partial charge in [0.2, 0.25) is 10.0 Å². The lowest BCUT2D eigenvalue weighted by atomic mass is 10.0. The Kier molecular flexibility index (Phi) is 6.36. The Morgan fingerprint density at radius 2 is 1.75 bits per heavy atom. The lowest BCUT2D eigenvalue weighted by molar-refractivity contribution is 0.0708. The molecule has 7 heteroatoms. The van der Waals surface area contributed by atoms with Gasteiger partial charge in [0.15, 0.2) is 0 Å². The fourth-order valence-electron chi connectivity index (χ4n) is 3.38. The molecule has 3 rings (SSSR count). The van der Waals surface area contributed by atoms with Crippen molar-refractivity contribution in [2.24, 2.45) is 0 Å². The van der Waals surface area contributed by atoms with Crippen LogP contribution in [0.15, 0.2) is 53.4 Å². The third-order valence-corrected chi connectivity index (χ3v) is 6.62. The molecule has 0 bridgehead atoms. The van der Waals surface area contributed by atoms with Gasteiger partial charge in [0.05, 0.1) is 17.6 Å². The number of rotatable bonds is 6. The highest BCUT2D eigenvalue weighted by Gasteiger charge is 2.28. The normalized spacial score (nSPS) is 15.4. The van der Waals surface area contributed by atoms with Gasteiger partial charge in [-0.15, -0.1) is 0 Å². The van der Waals surface area contributed by atoms with E-state index in [2.05, 4.69) is 4.72 Å². The summed E-state index contributed by atoms with van der Waals surface area (Å²) in [7, 11) is -2.02. The Hall–Kier alpha value is -2.38. The molecule has 0 unspecified atom stereocenters. The molecule has 0 saturated carbocycles. The van der Waals surface area contributed by atoms with Crippen molar-refractivity contribution in [3.63, 3.8) is 0 Å². The van der Waals surface area contributed by atoms with Gasteiger partial charge in [-0.2, -0.15) is 0 Å². The number of hydrogen-bond acceptors (Lipinski definition) is 4. The Morgan fingerprint density at radius 1 is 1.11 bits per heavy atom. The van der Waals surface area contributed by atoms with E-state index in [0.717, 1.165) is 12.0 Å². The predicted octanol–water partition coefficient (Wildman–Crippen LogP) is 2.84. The molecule has 1 aliphatic heterocycles. The van der Waals surface area contributed by atoms with E-state index in [1.54, 1.807) is 42.3 Å². The average Bonchev–Trinajstić information content (AvgIpc) is 2.73. The number of carbonyl (C=O) groups excluding carboxylic acids is 1. The molecule has 1 saturated heterocycles. The summed E-state index contributed by atoms with van der Waals surface area (Å²) in [4.78, 5) is 14.8. The number of ether oxygens (including phenoxy) is 1. The maximum Gasteiger partial charge on any atom is 0.257 e. The number of para-hydroxylation sites is 1. The monoisotopic (exact) mass is 402 g/mol. The number of amides is 1. The average molecular weight is 403 g/mol. The molecule has 1 amide bonds. The van der Waals surface area contributed by atoms with E-state index in [1.807, 2.05) is 25.1 Å². The Labute approximate surface area is 166 Å². The first kappa shape index (κ1) is 20.4. The van der Waals surface area contributed by atoms with Crippen molar-refractivity contribution in [1.82, 2.24) is 9.62 Å². The summed E-state index contributed by atoms with van der Waals surface area (Å²) in [6, 6.07) is 13.9. The molecule has 2 aromatic rings. The van der Waals surface area contributed by atoms with Crippen molar-refractivity contribution in [3.8, 4) is 5.75 Å². The summed E-state index contributed by atoms with van der Waals surface area (Å²) >= 11 is 0. The van der Waals surface area contributed by atoms with Crippen molar-refractivity contribution in [2.45, 2.75) is 37.1 Å². The highest BCUT2D eigenvalue weighted by atomic mass is 32.2. The highest BCUT2D eigenvalue weighted by Crippen LogP contribution is 2.22. The Bertz CT molecular complexity index is 918. The Morgan fingerprint density at radius 3 is 2.36 bits per heavy atom. The van der Waals surface area contributed by atoms with Crippen LogP contribution in [0.1, 0.15) is 35.7 Å². The third kappa shape index (κ3) is 4.54. The Balaban J connectivity index is 1.61. The molecule has 1 heterocycles. The van der Waals surface area contributed by atoms with Gasteiger partial charge in [0.1, 0.15) is 5.75 Å². The molecule has 28 heavy (non-hydrogen) atoms. The maximum absolute atomic E-state index is 12.8. The molecule has 0 atom stereocenters. The van der Waals surface area contributed by atoms with E-state index in [-0.39, 0.29) is 16.8 Å². The van der Waals surface area contributed by atoms with Crippen molar-refractivity contribution in [1.29, 1.82) is 0 Å². The summed E-state index contributed by atoms with van der Waals surface area (Å²) in [6.07, 6.45) is 2.02. The summed E-state index contributed by atoms with van der Waals surface area (Å²) in [5, 5.41) is 0. The number of nitrogens with zero attached hydrogens (tertiary/aromatic N) is 1. The van der Waals surface area contributed by atoms with Crippen LogP contribution in [0.4, 0.5) is 0 Å². The van der Waals surface area contributed by atoms with Crippen molar-refractivity contribution in [3.05, 3.63) is 59.7 Å². The van der Waals surface area contributed by atoms with Crippen LogP contribution in [0.25, 0.3) is 0 Å². The minimum absolute atomic E-state index is 0.0890. The second-order valence-corrected chi connectivity index (χ2v) is 8.60. The van der Waals surface area contributed by atoms with E-state index in [1.165, 1.54) is 0 Å². The number of nitrogens with one attached hydrogen (secondary N) is 1. The molecule has 1 aliphatic rings.